The Morgan fingerprint density at radius 1 is 1.04 bits per heavy atom. The third kappa shape index (κ3) is 4.35. The van der Waals surface area contributed by atoms with Gasteiger partial charge in [0.1, 0.15) is 0 Å². The molecule has 2 atom stereocenters. The summed E-state index contributed by atoms with van der Waals surface area (Å²) in [4.78, 5) is 12.6. The lowest BCUT2D eigenvalue weighted by Gasteiger charge is -2.21. The first-order valence-electron chi connectivity index (χ1n) is 9.23. The summed E-state index contributed by atoms with van der Waals surface area (Å²) < 4.78 is 40.1. The molecule has 2 fully saturated rings. The number of halogens is 3. The molecule has 28 heavy (non-hydrogen) atoms. The van der Waals surface area contributed by atoms with Gasteiger partial charge in [-0.15, -0.1) is 23.5 Å². The minimum atomic E-state index is -4.40. The van der Waals surface area contributed by atoms with Crippen LogP contribution < -0.4 is 5.32 Å². The molecule has 0 aromatic heterocycles. The van der Waals surface area contributed by atoms with Crippen LogP contribution in [-0.2, 0) is 11.0 Å². The van der Waals surface area contributed by atoms with Crippen molar-refractivity contribution in [3.05, 3.63) is 65.2 Å². The first kappa shape index (κ1) is 19.7. The van der Waals surface area contributed by atoms with Crippen molar-refractivity contribution in [2.75, 3.05) is 16.8 Å². The summed E-state index contributed by atoms with van der Waals surface area (Å²) in [7, 11) is 0. The number of carbonyl (C=O) groups is 1. The van der Waals surface area contributed by atoms with Crippen LogP contribution in [0.5, 0.6) is 0 Å². The zero-order valence-electron chi connectivity index (χ0n) is 15.0. The van der Waals surface area contributed by atoms with Crippen LogP contribution in [0.1, 0.15) is 40.0 Å². The SMILES string of the molecule is O=C(Nc1cccc(C2SCCCS2)c1)C1CC1c1ccccc1C(F)(F)F. The quantitative estimate of drug-likeness (QED) is 0.624. The van der Waals surface area contributed by atoms with Crippen molar-refractivity contribution in [1.29, 1.82) is 0 Å². The average molecular weight is 424 g/mol. The molecule has 2 aliphatic rings. The van der Waals surface area contributed by atoms with Gasteiger partial charge in [-0.25, -0.2) is 0 Å². The van der Waals surface area contributed by atoms with E-state index in [2.05, 4.69) is 11.4 Å². The van der Waals surface area contributed by atoms with E-state index in [1.807, 2.05) is 41.7 Å². The van der Waals surface area contributed by atoms with Gasteiger partial charge in [-0.05, 0) is 59.6 Å². The Morgan fingerprint density at radius 3 is 2.54 bits per heavy atom. The Hall–Kier alpha value is -1.60. The molecule has 2 aromatic rings. The zero-order valence-corrected chi connectivity index (χ0v) is 16.7. The summed E-state index contributed by atoms with van der Waals surface area (Å²) in [5.41, 5.74) is 1.47. The third-order valence-electron chi connectivity index (χ3n) is 5.05. The van der Waals surface area contributed by atoms with E-state index in [0.29, 0.717) is 16.7 Å². The van der Waals surface area contributed by atoms with Gasteiger partial charge in [0, 0.05) is 11.6 Å². The monoisotopic (exact) mass is 423 g/mol. The molecule has 1 saturated carbocycles. The number of hydrogen-bond donors (Lipinski definition) is 1. The van der Waals surface area contributed by atoms with E-state index < -0.39 is 17.7 Å². The maximum absolute atomic E-state index is 13.2. The molecule has 7 heteroatoms. The van der Waals surface area contributed by atoms with Crippen LogP contribution in [0.15, 0.2) is 48.5 Å². The standard InChI is InChI=1S/C21H20F3NOS2/c22-21(23,24)18-8-2-1-7-15(18)16-12-17(16)19(26)25-14-6-3-5-13(11-14)20-27-9-4-10-28-20/h1-3,5-8,11,16-17,20H,4,9-10,12H2,(H,25,26). The summed E-state index contributed by atoms with van der Waals surface area (Å²) in [5, 5.41) is 2.90. The maximum Gasteiger partial charge on any atom is 0.416 e. The summed E-state index contributed by atoms with van der Waals surface area (Å²) in [5.74, 6) is 1.28. The molecule has 2 aromatic carbocycles. The van der Waals surface area contributed by atoms with Crippen LogP contribution in [0.3, 0.4) is 0 Å². The molecule has 0 spiro atoms. The van der Waals surface area contributed by atoms with Crippen LogP contribution in [0, 0.1) is 5.92 Å². The Kier molecular flexibility index (Phi) is 5.65. The van der Waals surface area contributed by atoms with Gasteiger partial charge in [0.25, 0.3) is 0 Å². The van der Waals surface area contributed by atoms with Gasteiger partial charge in [0.15, 0.2) is 0 Å². The van der Waals surface area contributed by atoms with Crippen molar-refractivity contribution in [1.82, 2.24) is 0 Å². The van der Waals surface area contributed by atoms with E-state index in [9.17, 15) is 18.0 Å². The van der Waals surface area contributed by atoms with Crippen molar-refractivity contribution in [2.45, 2.75) is 29.5 Å². The lowest BCUT2D eigenvalue weighted by atomic mass is 10.0. The van der Waals surface area contributed by atoms with Gasteiger partial charge in [-0.3, -0.25) is 4.79 Å². The van der Waals surface area contributed by atoms with Crippen LogP contribution in [0.25, 0.3) is 0 Å². The highest BCUT2D eigenvalue weighted by Crippen LogP contribution is 2.51. The molecular formula is C21H20F3NOS2. The van der Waals surface area contributed by atoms with Crippen LogP contribution in [0.4, 0.5) is 18.9 Å². The molecule has 148 valence electrons. The number of benzene rings is 2. The van der Waals surface area contributed by atoms with Gasteiger partial charge in [-0.2, -0.15) is 13.2 Å². The smallest absolute Gasteiger partial charge is 0.326 e. The highest BCUT2D eigenvalue weighted by atomic mass is 32.2. The Balaban J connectivity index is 1.44. The number of anilines is 1. The van der Waals surface area contributed by atoms with Crippen LogP contribution in [-0.4, -0.2) is 17.4 Å². The molecular weight excluding hydrogens is 403 g/mol. The van der Waals surface area contributed by atoms with E-state index in [4.69, 9.17) is 0 Å². The van der Waals surface area contributed by atoms with E-state index in [1.165, 1.54) is 24.1 Å². The fraction of sp³-hybridized carbons (Fsp3) is 0.381. The van der Waals surface area contributed by atoms with Crippen LogP contribution >= 0.6 is 23.5 Å². The van der Waals surface area contributed by atoms with Crippen molar-refractivity contribution in [3.8, 4) is 0 Å². The van der Waals surface area contributed by atoms with Gasteiger partial charge in [0.05, 0.1) is 10.1 Å². The zero-order chi connectivity index (χ0) is 19.7. The molecule has 1 heterocycles. The first-order valence-corrected chi connectivity index (χ1v) is 11.3. The minimum Gasteiger partial charge on any atom is -0.326 e. The topological polar surface area (TPSA) is 29.1 Å². The number of amides is 1. The summed E-state index contributed by atoms with van der Waals surface area (Å²) in [6, 6.07) is 13.4. The Labute approximate surface area is 170 Å². The predicted molar refractivity (Wildman–Crippen MR) is 110 cm³/mol. The van der Waals surface area contributed by atoms with E-state index in [1.54, 1.807) is 6.07 Å². The molecule has 1 N–H and O–H groups in total. The predicted octanol–water partition coefficient (Wildman–Crippen LogP) is 6.32. The summed E-state index contributed by atoms with van der Waals surface area (Å²) in [6.45, 7) is 0. The number of nitrogens with one attached hydrogen (secondary N) is 1. The number of hydrogen-bond acceptors (Lipinski definition) is 3. The second-order valence-electron chi connectivity index (χ2n) is 7.08. The van der Waals surface area contributed by atoms with E-state index >= 15 is 0 Å². The summed E-state index contributed by atoms with van der Waals surface area (Å²) >= 11 is 3.82. The molecule has 1 aliphatic heterocycles. The number of alkyl halides is 3. The number of rotatable bonds is 4. The Morgan fingerprint density at radius 2 is 1.79 bits per heavy atom. The second kappa shape index (κ2) is 8.03. The normalized spacial score (nSPS) is 22.7. The lowest BCUT2D eigenvalue weighted by Crippen LogP contribution is -2.16. The average Bonchev–Trinajstić information content (AvgIpc) is 3.49. The number of thioether (sulfide) groups is 2. The highest BCUT2D eigenvalue weighted by Gasteiger charge is 2.47. The highest BCUT2D eigenvalue weighted by molar-refractivity contribution is 8.16. The lowest BCUT2D eigenvalue weighted by molar-refractivity contribution is -0.138. The second-order valence-corrected chi connectivity index (χ2v) is 9.80. The van der Waals surface area contributed by atoms with E-state index in [-0.39, 0.29) is 17.4 Å². The maximum atomic E-state index is 13.2. The van der Waals surface area contributed by atoms with Crippen molar-refractivity contribution in [3.63, 3.8) is 0 Å². The summed E-state index contributed by atoms with van der Waals surface area (Å²) in [6.07, 6.45) is -2.73. The van der Waals surface area contributed by atoms with E-state index in [0.717, 1.165) is 17.6 Å². The molecule has 4 rings (SSSR count). The fourth-order valence-corrected chi connectivity index (χ4v) is 6.46. The molecule has 1 aliphatic carbocycles. The number of carbonyl (C=O) groups excluding carboxylic acids is 1. The first-order chi connectivity index (χ1) is 13.4. The van der Waals surface area contributed by atoms with Crippen molar-refractivity contribution >= 4 is 35.1 Å². The molecule has 1 amide bonds. The minimum absolute atomic E-state index is 0.205. The van der Waals surface area contributed by atoms with Crippen LogP contribution in [0.2, 0.25) is 0 Å². The fourth-order valence-electron chi connectivity index (χ4n) is 3.59. The van der Waals surface area contributed by atoms with Gasteiger partial charge in [-0.1, -0.05) is 30.3 Å². The largest absolute Gasteiger partial charge is 0.416 e. The van der Waals surface area contributed by atoms with Gasteiger partial charge >= 0.3 is 6.18 Å². The molecule has 2 nitrogen and oxygen atoms in total. The Bertz CT molecular complexity index is 865. The van der Waals surface area contributed by atoms with Gasteiger partial charge in [0.2, 0.25) is 5.91 Å². The van der Waals surface area contributed by atoms with Crippen molar-refractivity contribution in [2.24, 2.45) is 5.92 Å². The third-order valence-corrected chi connectivity index (χ3v) is 8.06. The molecule has 0 bridgehead atoms. The van der Waals surface area contributed by atoms with Crippen molar-refractivity contribution < 1.29 is 18.0 Å². The molecule has 0 radical (unpaired) electrons. The van der Waals surface area contributed by atoms with Gasteiger partial charge < -0.3 is 5.32 Å². The molecule has 2 unspecified atom stereocenters. The molecule has 1 saturated heterocycles.